The molecule has 0 saturated heterocycles. The highest BCUT2D eigenvalue weighted by atomic mass is 15.0. The average Bonchev–Trinajstić information content (AvgIpc) is 2.75. The summed E-state index contributed by atoms with van der Waals surface area (Å²) < 4.78 is 4.42. The Kier molecular flexibility index (Phi) is 2.51. The third kappa shape index (κ3) is 2.25. The maximum absolute atomic E-state index is 2.21. The Balaban J connectivity index is 1.76. The highest BCUT2D eigenvalue weighted by molar-refractivity contribution is 4.91. The van der Waals surface area contributed by atoms with Crippen LogP contribution in [0.15, 0.2) is 49.1 Å². The first-order chi connectivity index (χ1) is 6.45. The molecule has 2 nitrogen and oxygen atoms in total. The van der Waals surface area contributed by atoms with Gasteiger partial charge in [-0.3, -0.25) is 0 Å². The van der Waals surface area contributed by atoms with E-state index in [1.54, 1.807) is 0 Å². The van der Waals surface area contributed by atoms with E-state index in [4.69, 9.17) is 0 Å². The quantitative estimate of drug-likeness (QED) is 0.673. The minimum Gasteiger partial charge on any atom is -0.354 e. The molecule has 0 aromatic carbocycles. The van der Waals surface area contributed by atoms with Crippen LogP contribution >= 0.6 is 0 Å². The van der Waals surface area contributed by atoms with Crippen molar-refractivity contribution in [2.75, 3.05) is 0 Å². The molecule has 0 aliphatic rings. The third-order valence-corrected chi connectivity index (χ3v) is 2.17. The summed E-state index contributed by atoms with van der Waals surface area (Å²) in [6.45, 7) is 2.20. The fourth-order valence-corrected chi connectivity index (χ4v) is 1.47. The van der Waals surface area contributed by atoms with Gasteiger partial charge in [0.25, 0.3) is 0 Å². The standard InChI is InChI=1S/C11H14N2/c1-2-7-12(6-1)10-5-11-13-8-3-4-9-13/h1-4,6-9H,5,10-11H2. The predicted octanol–water partition coefficient (Wildman–Crippen LogP) is 2.38. The topological polar surface area (TPSA) is 9.86 Å². The van der Waals surface area contributed by atoms with E-state index in [2.05, 4.69) is 58.2 Å². The molecule has 0 atom stereocenters. The normalized spacial score (nSPS) is 10.5. The number of aromatic nitrogens is 2. The van der Waals surface area contributed by atoms with Crippen molar-refractivity contribution in [1.82, 2.24) is 9.13 Å². The van der Waals surface area contributed by atoms with E-state index >= 15 is 0 Å². The van der Waals surface area contributed by atoms with Gasteiger partial charge in [0, 0.05) is 37.9 Å². The summed E-state index contributed by atoms with van der Waals surface area (Å²) in [5.74, 6) is 0. The van der Waals surface area contributed by atoms with Crippen molar-refractivity contribution in [3.8, 4) is 0 Å². The van der Waals surface area contributed by atoms with Gasteiger partial charge in [0.1, 0.15) is 0 Å². The Morgan fingerprint density at radius 2 is 1.00 bits per heavy atom. The Morgan fingerprint density at radius 3 is 1.38 bits per heavy atom. The summed E-state index contributed by atoms with van der Waals surface area (Å²) in [4.78, 5) is 0. The van der Waals surface area contributed by atoms with Crippen LogP contribution in [-0.4, -0.2) is 9.13 Å². The fraction of sp³-hybridized carbons (Fsp3) is 0.273. The monoisotopic (exact) mass is 174 g/mol. The molecule has 0 aliphatic heterocycles. The van der Waals surface area contributed by atoms with E-state index in [1.807, 2.05) is 0 Å². The van der Waals surface area contributed by atoms with Crippen LogP contribution in [0.4, 0.5) is 0 Å². The molecule has 2 aromatic rings. The van der Waals surface area contributed by atoms with Crippen LogP contribution in [0.1, 0.15) is 6.42 Å². The molecule has 0 amide bonds. The van der Waals surface area contributed by atoms with E-state index in [-0.39, 0.29) is 0 Å². The summed E-state index contributed by atoms with van der Waals surface area (Å²) in [7, 11) is 0. The van der Waals surface area contributed by atoms with E-state index in [1.165, 1.54) is 6.42 Å². The Hall–Kier alpha value is -1.44. The lowest BCUT2D eigenvalue weighted by atomic mass is 10.4. The van der Waals surface area contributed by atoms with Crippen LogP contribution in [0.3, 0.4) is 0 Å². The van der Waals surface area contributed by atoms with Crippen LogP contribution in [0, 0.1) is 0 Å². The van der Waals surface area contributed by atoms with Crippen LogP contribution < -0.4 is 0 Å². The smallest absolute Gasteiger partial charge is 0.0236 e. The molecule has 0 unspecified atom stereocenters. The van der Waals surface area contributed by atoms with E-state index in [0.717, 1.165) is 13.1 Å². The van der Waals surface area contributed by atoms with Gasteiger partial charge in [-0.15, -0.1) is 0 Å². The summed E-state index contributed by atoms with van der Waals surface area (Å²) in [5.41, 5.74) is 0. The zero-order valence-electron chi connectivity index (χ0n) is 7.63. The maximum Gasteiger partial charge on any atom is 0.0236 e. The highest BCUT2D eigenvalue weighted by Gasteiger charge is 1.90. The minimum absolute atomic E-state index is 1.10. The van der Waals surface area contributed by atoms with Gasteiger partial charge >= 0.3 is 0 Å². The summed E-state index contributed by atoms with van der Waals surface area (Å²) in [5, 5.41) is 0. The Labute approximate surface area is 78.4 Å². The number of nitrogens with zero attached hydrogens (tertiary/aromatic N) is 2. The molecule has 0 saturated carbocycles. The second-order valence-corrected chi connectivity index (χ2v) is 3.20. The molecule has 2 aromatic heterocycles. The lowest BCUT2D eigenvalue weighted by molar-refractivity contribution is 0.567. The van der Waals surface area contributed by atoms with Crippen LogP contribution in [-0.2, 0) is 13.1 Å². The predicted molar refractivity (Wildman–Crippen MR) is 53.5 cm³/mol. The van der Waals surface area contributed by atoms with Gasteiger partial charge in [-0.05, 0) is 30.7 Å². The lowest BCUT2D eigenvalue weighted by Crippen LogP contribution is -2.00. The molecule has 0 spiro atoms. The average molecular weight is 174 g/mol. The van der Waals surface area contributed by atoms with Crippen LogP contribution in [0.2, 0.25) is 0 Å². The van der Waals surface area contributed by atoms with Gasteiger partial charge < -0.3 is 9.13 Å². The van der Waals surface area contributed by atoms with Gasteiger partial charge in [-0.2, -0.15) is 0 Å². The van der Waals surface area contributed by atoms with E-state index < -0.39 is 0 Å². The Morgan fingerprint density at radius 1 is 0.615 bits per heavy atom. The maximum atomic E-state index is 2.21. The highest BCUT2D eigenvalue weighted by Crippen LogP contribution is 1.97. The third-order valence-electron chi connectivity index (χ3n) is 2.17. The van der Waals surface area contributed by atoms with Gasteiger partial charge in [-0.25, -0.2) is 0 Å². The van der Waals surface area contributed by atoms with E-state index in [9.17, 15) is 0 Å². The molecule has 68 valence electrons. The molecular weight excluding hydrogens is 160 g/mol. The number of rotatable bonds is 4. The zero-order chi connectivity index (χ0) is 8.93. The molecular formula is C11H14N2. The van der Waals surface area contributed by atoms with Crippen LogP contribution in [0.5, 0.6) is 0 Å². The van der Waals surface area contributed by atoms with Gasteiger partial charge in [0.05, 0.1) is 0 Å². The molecule has 13 heavy (non-hydrogen) atoms. The van der Waals surface area contributed by atoms with Crippen molar-refractivity contribution in [3.05, 3.63) is 49.1 Å². The van der Waals surface area contributed by atoms with Crippen molar-refractivity contribution in [2.45, 2.75) is 19.5 Å². The molecule has 0 radical (unpaired) electrons. The lowest BCUT2D eigenvalue weighted by Gasteiger charge is -2.03. The first kappa shape index (κ1) is 8.17. The first-order valence-corrected chi connectivity index (χ1v) is 4.67. The molecule has 0 fully saturated rings. The largest absolute Gasteiger partial charge is 0.354 e. The Bertz CT molecular complexity index is 285. The fourth-order valence-electron chi connectivity index (χ4n) is 1.47. The van der Waals surface area contributed by atoms with Crippen molar-refractivity contribution in [1.29, 1.82) is 0 Å². The molecule has 2 rings (SSSR count). The summed E-state index contributed by atoms with van der Waals surface area (Å²) in [6.07, 6.45) is 9.61. The SMILES string of the molecule is c1ccn(CCCn2cccc2)c1. The van der Waals surface area contributed by atoms with Gasteiger partial charge in [0.2, 0.25) is 0 Å². The number of hydrogen-bond acceptors (Lipinski definition) is 0. The van der Waals surface area contributed by atoms with Crippen molar-refractivity contribution in [3.63, 3.8) is 0 Å². The molecule has 2 heteroatoms. The van der Waals surface area contributed by atoms with Crippen LogP contribution in [0.25, 0.3) is 0 Å². The molecule has 0 aliphatic carbocycles. The van der Waals surface area contributed by atoms with Crippen molar-refractivity contribution < 1.29 is 0 Å². The van der Waals surface area contributed by atoms with E-state index in [0.29, 0.717) is 0 Å². The molecule has 0 bridgehead atoms. The van der Waals surface area contributed by atoms with Crippen molar-refractivity contribution in [2.24, 2.45) is 0 Å². The van der Waals surface area contributed by atoms with Crippen molar-refractivity contribution >= 4 is 0 Å². The first-order valence-electron chi connectivity index (χ1n) is 4.67. The molecule has 0 N–H and O–H groups in total. The summed E-state index contributed by atoms with van der Waals surface area (Å²) in [6, 6.07) is 8.26. The number of aryl methyl sites for hydroxylation is 2. The zero-order valence-corrected chi connectivity index (χ0v) is 7.63. The minimum atomic E-state index is 1.10. The molecule has 2 heterocycles. The number of hydrogen-bond donors (Lipinski definition) is 0. The summed E-state index contributed by atoms with van der Waals surface area (Å²) >= 11 is 0. The van der Waals surface area contributed by atoms with Gasteiger partial charge in [0.15, 0.2) is 0 Å². The second-order valence-electron chi connectivity index (χ2n) is 3.20. The second kappa shape index (κ2) is 3.99. The van der Waals surface area contributed by atoms with Gasteiger partial charge in [-0.1, -0.05) is 0 Å².